The fourth-order valence-corrected chi connectivity index (χ4v) is 3.95. The standard InChI is InChI=1S/C20H33N5/c1-17-8-6-7-13-24(17)15-12-22-20(21-2)23-18-11-14-25(16-18)19-9-4-3-5-10-19/h3-5,9-10,17-18H,6-8,11-16H2,1-2H3,(H2,21,22,23). The third-order valence-corrected chi connectivity index (χ3v) is 5.51. The molecule has 3 rings (SSSR count). The Bertz CT molecular complexity index is 544. The van der Waals surface area contributed by atoms with Gasteiger partial charge in [-0.3, -0.25) is 9.89 Å². The number of aliphatic imine (C=N–C) groups is 1. The van der Waals surface area contributed by atoms with Crippen LogP contribution >= 0.6 is 0 Å². The number of likely N-dealkylation sites (tertiary alicyclic amines) is 1. The number of benzene rings is 1. The summed E-state index contributed by atoms with van der Waals surface area (Å²) in [4.78, 5) is 9.45. The van der Waals surface area contributed by atoms with Crippen LogP contribution in [0.4, 0.5) is 5.69 Å². The largest absolute Gasteiger partial charge is 0.369 e. The Labute approximate surface area is 152 Å². The second-order valence-electron chi connectivity index (χ2n) is 7.29. The van der Waals surface area contributed by atoms with Gasteiger partial charge in [0, 0.05) is 51.0 Å². The number of piperidine rings is 1. The van der Waals surface area contributed by atoms with Gasteiger partial charge in [-0.05, 0) is 44.9 Å². The molecule has 2 aliphatic heterocycles. The van der Waals surface area contributed by atoms with Crippen LogP contribution < -0.4 is 15.5 Å². The van der Waals surface area contributed by atoms with E-state index in [9.17, 15) is 0 Å². The van der Waals surface area contributed by atoms with Crippen LogP contribution in [-0.2, 0) is 0 Å². The van der Waals surface area contributed by atoms with E-state index in [4.69, 9.17) is 0 Å². The van der Waals surface area contributed by atoms with Crippen molar-refractivity contribution in [3.63, 3.8) is 0 Å². The second kappa shape index (κ2) is 9.09. The van der Waals surface area contributed by atoms with Crippen molar-refractivity contribution in [2.45, 2.75) is 44.7 Å². The van der Waals surface area contributed by atoms with Crippen LogP contribution in [0.3, 0.4) is 0 Å². The first-order valence-electron chi connectivity index (χ1n) is 9.77. The molecule has 2 atom stereocenters. The predicted octanol–water partition coefficient (Wildman–Crippen LogP) is 2.30. The first-order chi connectivity index (χ1) is 12.3. The molecule has 0 spiro atoms. The second-order valence-corrected chi connectivity index (χ2v) is 7.29. The van der Waals surface area contributed by atoms with E-state index in [1.807, 2.05) is 7.05 Å². The Hall–Kier alpha value is -1.75. The van der Waals surface area contributed by atoms with E-state index in [1.54, 1.807) is 0 Å². The van der Waals surface area contributed by atoms with Gasteiger partial charge in [-0.1, -0.05) is 24.6 Å². The Balaban J connectivity index is 1.40. The number of anilines is 1. The minimum Gasteiger partial charge on any atom is -0.369 e. The number of rotatable bonds is 5. The average Bonchev–Trinajstić information content (AvgIpc) is 3.12. The number of nitrogens with one attached hydrogen (secondary N) is 2. The Morgan fingerprint density at radius 2 is 2.00 bits per heavy atom. The van der Waals surface area contributed by atoms with E-state index in [2.05, 4.69) is 62.7 Å². The molecule has 25 heavy (non-hydrogen) atoms. The molecule has 1 aromatic rings. The van der Waals surface area contributed by atoms with Crippen LogP contribution in [-0.4, -0.2) is 62.7 Å². The van der Waals surface area contributed by atoms with Crippen LogP contribution in [0.25, 0.3) is 0 Å². The van der Waals surface area contributed by atoms with Crippen LogP contribution in [0.5, 0.6) is 0 Å². The van der Waals surface area contributed by atoms with Gasteiger partial charge in [-0.2, -0.15) is 0 Å². The summed E-state index contributed by atoms with van der Waals surface area (Å²) in [5, 5.41) is 7.09. The highest BCUT2D eigenvalue weighted by Crippen LogP contribution is 2.19. The summed E-state index contributed by atoms with van der Waals surface area (Å²) in [5.74, 6) is 0.935. The zero-order valence-corrected chi connectivity index (χ0v) is 15.7. The molecule has 0 amide bonds. The van der Waals surface area contributed by atoms with Gasteiger partial charge < -0.3 is 15.5 Å². The summed E-state index contributed by atoms with van der Waals surface area (Å²) in [7, 11) is 1.86. The highest BCUT2D eigenvalue weighted by molar-refractivity contribution is 5.80. The fraction of sp³-hybridized carbons (Fsp3) is 0.650. The minimum atomic E-state index is 0.459. The third-order valence-electron chi connectivity index (χ3n) is 5.51. The van der Waals surface area contributed by atoms with Crippen LogP contribution in [0.1, 0.15) is 32.6 Å². The van der Waals surface area contributed by atoms with Gasteiger partial charge in [-0.25, -0.2) is 0 Å². The average molecular weight is 344 g/mol. The van der Waals surface area contributed by atoms with E-state index in [1.165, 1.54) is 31.5 Å². The number of para-hydroxylation sites is 1. The molecule has 5 heteroatoms. The first kappa shape index (κ1) is 18.1. The lowest BCUT2D eigenvalue weighted by molar-refractivity contribution is 0.163. The summed E-state index contributed by atoms with van der Waals surface area (Å²) in [6.45, 7) is 7.78. The van der Waals surface area contributed by atoms with E-state index in [-0.39, 0.29) is 0 Å². The molecule has 2 unspecified atom stereocenters. The van der Waals surface area contributed by atoms with Crippen molar-refractivity contribution in [1.82, 2.24) is 15.5 Å². The summed E-state index contributed by atoms with van der Waals surface area (Å²) in [6.07, 6.45) is 5.21. The SMILES string of the molecule is CN=C(NCCN1CCCCC1C)NC1CCN(c2ccccc2)C1. The Morgan fingerprint density at radius 1 is 1.16 bits per heavy atom. The van der Waals surface area contributed by atoms with Crippen molar-refractivity contribution in [3.05, 3.63) is 30.3 Å². The first-order valence-corrected chi connectivity index (χ1v) is 9.77. The summed E-state index contributed by atoms with van der Waals surface area (Å²) in [5.41, 5.74) is 1.31. The monoisotopic (exact) mass is 343 g/mol. The third kappa shape index (κ3) is 5.11. The molecule has 0 aliphatic carbocycles. The minimum absolute atomic E-state index is 0.459. The van der Waals surface area contributed by atoms with Crippen molar-refractivity contribution < 1.29 is 0 Å². The van der Waals surface area contributed by atoms with Crippen LogP contribution in [0.15, 0.2) is 35.3 Å². The van der Waals surface area contributed by atoms with E-state index >= 15 is 0 Å². The van der Waals surface area contributed by atoms with Crippen molar-refractivity contribution in [2.75, 3.05) is 44.7 Å². The van der Waals surface area contributed by atoms with Gasteiger partial charge >= 0.3 is 0 Å². The highest BCUT2D eigenvalue weighted by Gasteiger charge is 2.23. The van der Waals surface area contributed by atoms with Crippen molar-refractivity contribution >= 4 is 11.6 Å². The molecular weight excluding hydrogens is 310 g/mol. The molecule has 0 bridgehead atoms. The molecule has 0 aromatic heterocycles. The molecule has 1 aromatic carbocycles. The molecule has 2 saturated heterocycles. The number of hydrogen-bond donors (Lipinski definition) is 2. The molecule has 2 heterocycles. The number of hydrogen-bond acceptors (Lipinski definition) is 3. The van der Waals surface area contributed by atoms with E-state index in [0.29, 0.717) is 6.04 Å². The van der Waals surface area contributed by atoms with Gasteiger partial charge in [0.25, 0.3) is 0 Å². The quantitative estimate of drug-likeness (QED) is 0.636. The molecular formula is C20H33N5. The van der Waals surface area contributed by atoms with Gasteiger partial charge in [0.15, 0.2) is 5.96 Å². The maximum absolute atomic E-state index is 4.41. The van der Waals surface area contributed by atoms with Crippen LogP contribution in [0.2, 0.25) is 0 Å². The summed E-state index contributed by atoms with van der Waals surface area (Å²) >= 11 is 0. The molecule has 0 saturated carbocycles. The zero-order valence-electron chi connectivity index (χ0n) is 15.7. The molecule has 2 fully saturated rings. The molecule has 0 radical (unpaired) electrons. The van der Waals surface area contributed by atoms with Gasteiger partial charge in [0.1, 0.15) is 0 Å². The topological polar surface area (TPSA) is 42.9 Å². The molecule has 2 N–H and O–H groups in total. The Kier molecular flexibility index (Phi) is 6.56. The van der Waals surface area contributed by atoms with Gasteiger partial charge in [0.05, 0.1) is 0 Å². The smallest absolute Gasteiger partial charge is 0.191 e. The highest BCUT2D eigenvalue weighted by atomic mass is 15.3. The normalized spacial score (nSPS) is 25.2. The fourth-order valence-electron chi connectivity index (χ4n) is 3.95. The number of guanidine groups is 1. The van der Waals surface area contributed by atoms with Gasteiger partial charge in [0.2, 0.25) is 0 Å². The maximum Gasteiger partial charge on any atom is 0.191 e. The lowest BCUT2D eigenvalue weighted by Crippen LogP contribution is -2.48. The molecule has 138 valence electrons. The zero-order chi connectivity index (χ0) is 17.5. The molecule has 2 aliphatic rings. The Morgan fingerprint density at radius 3 is 2.76 bits per heavy atom. The van der Waals surface area contributed by atoms with Crippen LogP contribution in [0, 0.1) is 0 Å². The van der Waals surface area contributed by atoms with E-state index < -0.39 is 0 Å². The summed E-state index contributed by atoms with van der Waals surface area (Å²) < 4.78 is 0. The van der Waals surface area contributed by atoms with E-state index in [0.717, 1.165) is 44.6 Å². The van der Waals surface area contributed by atoms with Gasteiger partial charge in [-0.15, -0.1) is 0 Å². The lowest BCUT2D eigenvalue weighted by Gasteiger charge is -2.33. The lowest BCUT2D eigenvalue weighted by atomic mass is 10.0. The van der Waals surface area contributed by atoms with Crippen molar-refractivity contribution in [3.8, 4) is 0 Å². The van der Waals surface area contributed by atoms with Crippen molar-refractivity contribution in [1.29, 1.82) is 0 Å². The maximum atomic E-state index is 4.41. The molecule has 5 nitrogen and oxygen atoms in total. The number of nitrogens with zero attached hydrogens (tertiary/aromatic N) is 3. The predicted molar refractivity (Wildman–Crippen MR) is 106 cm³/mol. The van der Waals surface area contributed by atoms with Crippen molar-refractivity contribution in [2.24, 2.45) is 4.99 Å². The summed E-state index contributed by atoms with van der Waals surface area (Å²) in [6, 6.07) is 11.9.